The van der Waals surface area contributed by atoms with Crippen LogP contribution in [0.5, 0.6) is 5.75 Å². The zero-order valence-corrected chi connectivity index (χ0v) is 12.1. The van der Waals surface area contributed by atoms with E-state index in [0.717, 1.165) is 24.4 Å². The van der Waals surface area contributed by atoms with Gasteiger partial charge in [0.15, 0.2) is 5.78 Å². The molecule has 0 amide bonds. The van der Waals surface area contributed by atoms with Crippen LogP contribution in [-0.4, -0.2) is 36.4 Å². The van der Waals surface area contributed by atoms with E-state index in [9.17, 15) is 4.79 Å². The molecule has 0 bridgehead atoms. The van der Waals surface area contributed by atoms with E-state index in [1.54, 1.807) is 7.11 Å². The van der Waals surface area contributed by atoms with E-state index in [4.69, 9.17) is 4.74 Å². The summed E-state index contributed by atoms with van der Waals surface area (Å²) in [5, 5.41) is 0. The third kappa shape index (κ3) is 2.98. The van der Waals surface area contributed by atoms with Crippen LogP contribution in [-0.2, 0) is 0 Å². The summed E-state index contributed by atoms with van der Waals surface area (Å²) in [6.45, 7) is 6.11. The third-order valence-electron chi connectivity index (χ3n) is 4.05. The fraction of sp³-hybridized carbons (Fsp3) is 0.562. The molecule has 0 spiro atoms. The molecular formula is C16H23NO2. The number of hydrogen-bond donors (Lipinski definition) is 0. The number of ether oxygens (including phenoxy) is 1. The summed E-state index contributed by atoms with van der Waals surface area (Å²) < 4.78 is 5.13. The lowest BCUT2D eigenvalue weighted by Crippen LogP contribution is -2.52. The van der Waals surface area contributed by atoms with Gasteiger partial charge >= 0.3 is 0 Å². The Morgan fingerprint density at radius 1 is 1.11 bits per heavy atom. The molecule has 1 aliphatic rings. The summed E-state index contributed by atoms with van der Waals surface area (Å²) in [7, 11) is 1.63. The molecule has 1 saturated heterocycles. The number of Topliss-reactive ketones (excluding diaryl/α,β-unsaturated/α-hetero) is 1. The van der Waals surface area contributed by atoms with Crippen molar-refractivity contribution >= 4 is 5.78 Å². The van der Waals surface area contributed by atoms with Crippen molar-refractivity contribution in [2.45, 2.75) is 38.6 Å². The monoisotopic (exact) mass is 261 g/mol. The first-order valence-corrected chi connectivity index (χ1v) is 6.99. The highest BCUT2D eigenvalue weighted by molar-refractivity contribution is 6.02. The second-order valence-corrected chi connectivity index (χ2v) is 5.66. The van der Waals surface area contributed by atoms with Gasteiger partial charge in [-0.3, -0.25) is 9.69 Å². The second-order valence-electron chi connectivity index (χ2n) is 5.66. The number of methoxy groups -OCH3 is 1. The van der Waals surface area contributed by atoms with E-state index in [0.29, 0.717) is 0 Å². The first kappa shape index (κ1) is 14.1. The Morgan fingerprint density at radius 2 is 1.68 bits per heavy atom. The molecule has 0 aromatic heterocycles. The van der Waals surface area contributed by atoms with Gasteiger partial charge in [0.25, 0.3) is 0 Å². The molecule has 1 aromatic carbocycles. The Bertz CT molecular complexity index is 431. The van der Waals surface area contributed by atoms with Crippen molar-refractivity contribution in [2.75, 3.05) is 20.2 Å². The Kier molecular flexibility index (Phi) is 4.25. The minimum atomic E-state index is -0.422. The summed E-state index contributed by atoms with van der Waals surface area (Å²) in [5.74, 6) is 0.976. The highest BCUT2D eigenvalue weighted by Gasteiger charge is 2.35. The van der Waals surface area contributed by atoms with Gasteiger partial charge in [0.05, 0.1) is 12.6 Å². The molecule has 3 heteroatoms. The van der Waals surface area contributed by atoms with E-state index >= 15 is 0 Å². The van der Waals surface area contributed by atoms with Crippen LogP contribution in [0, 0.1) is 0 Å². The quantitative estimate of drug-likeness (QED) is 0.780. The molecule has 0 atom stereocenters. The minimum absolute atomic E-state index is 0.192. The predicted molar refractivity (Wildman–Crippen MR) is 76.8 cm³/mol. The molecule has 1 fully saturated rings. The van der Waals surface area contributed by atoms with Crippen LogP contribution in [0.3, 0.4) is 0 Å². The van der Waals surface area contributed by atoms with Crippen molar-refractivity contribution in [3.8, 4) is 5.75 Å². The number of carbonyl (C=O) groups excluding carboxylic acids is 1. The van der Waals surface area contributed by atoms with Gasteiger partial charge in [-0.25, -0.2) is 0 Å². The zero-order chi connectivity index (χ0) is 13.9. The number of likely N-dealkylation sites (tertiary alicyclic amines) is 1. The van der Waals surface area contributed by atoms with Crippen molar-refractivity contribution in [1.29, 1.82) is 0 Å². The number of ketones is 1. The predicted octanol–water partition coefficient (Wildman–Crippen LogP) is 3.14. The number of nitrogens with zero attached hydrogens (tertiary/aromatic N) is 1. The average Bonchev–Trinajstić information content (AvgIpc) is 2.47. The first-order chi connectivity index (χ1) is 9.05. The maximum absolute atomic E-state index is 12.7. The Hall–Kier alpha value is -1.35. The first-order valence-electron chi connectivity index (χ1n) is 6.99. The maximum Gasteiger partial charge on any atom is 0.182 e. The summed E-state index contributed by atoms with van der Waals surface area (Å²) in [6, 6.07) is 7.40. The van der Waals surface area contributed by atoms with E-state index in [-0.39, 0.29) is 5.78 Å². The lowest BCUT2D eigenvalue weighted by Gasteiger charge is -2.39. The van der Waals surface area contributed by atoms with E-state index in [1.165, 1.54) is 19.3 Å². The van der Waals surface area contributed by atoms with Crippen LogP contribution in [0.2, 0.25) is 0 Å². The van der Waals surface area contributed by atoms with Gasteiger partial charge < -0.3 is 4.74 Å². The van der Waals surface area contributed by atoms with Gasteiger partial charge in [-0.2, -0.15) is 0 Å². The molecule has 0 N–H and O–H groups in total. The Labute approximate surface area is 115 Å². The lowest BCUT2D eigenvalue weighted by atomic mass is 9.89. The molecular weight excluding hydrogens is 238 g/mol. The molecule has 1 aromatic rings. The Balaban J connectivity index is 2.15. The van der Waals surface area contributed by atoms with Crippen LogP contribution in [0.1, 0.15) is 43.5 Å². The standard InChI is InChI=1S/C16H23NO2/c1-16(2,17-11-5-4-6-12-17)15(18)13-7-9-14(19-3)10-8-13/h7-10H,4-6,11-12H2,1-3H3. The van der Waals surface area contributed by atoms with Crippen LogP contribution >= 0.6 is 0 Å². The Morgan fingerprint density at radius 3 is 2.21 bits per heavy atom. The molecule has 1 aliphatic heterocycles. The van der Waals surface area contributed by atoms with Crippen molar-refractivity contribution in [1.82, 2.24) is 4.90 Å². The molecule has 2 rings (SSSR count). The normalized spacial score (nSPS) is 17.2. The van der Waals surface area contributed by atoms with Crippen molar-refractivity contribution < 1.29 is 9.53 Å². The van der Waals surface area contributed by atoms with Gasteiger partial charge in [-0.1, -0.05) is 6.42 Å². The highest BCUT2D eigenvalue weighted by atomic mass is 16.5. The second kappa shape index (κ2) is 5.74. The van der Waals surface area contributed by atoms with E-state index in [2.05, 4.69) is 4.90 Å². The molecule has 1 heterocycles. The number of rotatable bonds is 4. The number of benzene rings is 1. The third-order valence-corrected chi connectivity index (χ3v) is 4.05. The average molecular weight is 261 g/mol. The highest BCUT2D eigenvalue weighted by Crippen LogP contribution is 2.25. The summed E-state index contributed by atoms with van der Waals surface area (Å²) in [4.78, 5) is 15.0. The molecule has 0 radical (unpaired) electrons. The lowest BCUT2D eigenvalue weighted by molar-refractivity contribution is 0.0579. The van der Waals surface area contributed by atoms with Gasteiger partial charge in [0, 0.05) is 5.56 Å². The van der Waals surface area contributed by atoms with Crippen molar-refractivity contribution in [3.05, 3.63) is 29.8 Å². The molecule has 0 aliphatic carbocycles. The van der Waals surface area contributed by atoms with Crippen LogP contribution in [0.4, 0.5) is 0 Å². The number of hydrogen-bond acceptors (Lipinski definition) is 3. The topological polar surface area (TPSA) is 29.5 Å². The fourth-order valence-corrected chi connectivity index (χ4v) is 2.69. The van der Waals surface area contributed by atoms with Gasteiger partial charge in [0.1, 0.15) is 5.75 Å². The SMILES string of the molecule is COc1ccc(C(=O)C(C)(C)N2CCCCC2)cc1. The minimum Gasteiger partial charge on any atom is -0.497 e. The largest absolute Gasteiger partial charge is 0.497 e. The summed E-state index contributed by atoms with van der Waals surface area (Å²) >= 11 is 0. The van der Waals surface area contributed by atoms with Gasteiger partial charge in [-0.05, 0) is 64.0 Å². The van der Waals surface area contributed by atoms with Crippen molar-refractivity contribution in [3.63, 3.8) is 0 Å². The van der Waals surface area contributed by atoms with Crippen molar-refractivity contribution in [2.24, 2.45) is 0 Å². The van der Waals surface area contributed by atoms with Gasteiger partial charge in [-0.15, -0.1) is 0 Å². The molecule has 104 valence electrons. The van der Waals surface area contributed by atoms with Crippen LogP contribution in [0.25, 0.3) is 0 Å². The molecule has 19 heavy (non-hydrogen) atoms. The molecule has 3 nitrogen and oxygen atoms in total. The number of carbonyl (C=O) groups is 1. The molecule has 0 saturated carbocycles. The smallest absolute Gasteiger partial charge is 0.182 e. The fourth-order valence-electron chi connectivity index (χ4n) is 2.69. The summed E-state index contributed by atoms with van der Waals surface area (Å²) in [6.07, 6.45) is 3.67. The van der Waals surface area contributed by atoms with Gasteiger partial charge in [0.2, 0.25) is 0 Å². The van der Waals surface area contributed by atoms with Crippen LogP contribution in [0.15, 0.2) is 24.3 Å². The summed E-state index contributed by atoms with van der Waals surface area (Å²) in [5.41, 5.74) is 0.339. The molecule has 0 unspecified atom stereocenters. The zero-order valence-electron chi connectivity index (χ0n) is 12.1. The van der Waals surface area contributed by atoms with E-state index < -0.39 is 5.54 Å². The van der Waals surface area contributed by atoms with E-state index in [1.807, 2.05) is 38.1 Å². The van der Waals surface area contributed by atoms with Crippen LogP contribution < -0.4 is 4.74 Å². The number of piperidine rings is 1. The maximum atomic E-state index is 12.7.